The minimum atomic E-state index is -0.101. The highest BCUT2D eigenvalue weighted by Crippen LogP contribution is 2.36. The van der Waals surface area contributed by atoms with E-state index < -0.39 is 0 Å². The molecule has 4 atom stereocenters. The van der Waals surface area contributed by atoms with Crippen LogP contribution in [0.2, 0.25) is 0 Å². The van der Waals surface area contributed by atoms with E-state index in [1.54, 1.807) is 0 Å². The second-order valence-corrected chi connectivity index (χ2v) is 5.57. The van der Waals surface area contributed by atoms with Gasteiger partial charge < -0.3 is 11.1 Å². The van der Waals surface area contributed by atoms with E-state index >= 15 is 0 Å². The predicted molar refractivity (Wildman–Crippen MR) is 71.7 cm³/mol. The van der Waals surface area contributed by atoms with Gasteiger partial charge >= 0.3 is 0 Å². The molecule has 3 N–H and O–H groups in total. The van der Waals surface area contributed by atoms with Crippen molar-refractivity contribution < 1.29 is 4.79 Å². The molecule has 1 heterocycles. The molecule has 1 saturated heterocycles. The molecule has 4 unspecified atom stereocenters. The molecule has 0 radical (unpaired) electrons. The number of rotatable bonds is 3. The number of amides is 1. The van der Waals surface area contributed by atoms with Crippen LogP contribution < -0.4 is 11.1 Å². The first-order chi connectivity index (χ1) is 8.63. The predicted octanol–water partition coefficient (Wildman–Crippen LogP) is 0.184. The van der Waals surface area contributed by atoms with E-state index in [9.17, 15) is 4.79 Å². The maximum Gasteiger partial charge on any atom is 0.237 e. The third kappa shape index (κ3) is 2.68. The topological polar surface area (TPSA) is 58.4 Å². The lowest BCUT2D eigenvalue weighted by Crippen LogP contribution is -2.45. The van der Waals surface area contributed by atoms with Crippen molar-refractivity contribution in [2.45, 2.75) is 38.3 Å². The maximum atomic E-state index is 11.9. The first kappa shape index (κ1) is 13.4. The van der Waals surface area contributed by atoms with Gasteiger partial charge in [0.15, 0.2) is 0 Å². The van der Waals surface area contributed by atoms with Crippen molar-refractivity contribution in [3.63, 3.8) is 0 Å². The van der Waals surface area contributed by atoms with Crippen LogP contribution in [0.3, 0.4) is 0 Å². The van der Waals surface area contributed by atoms with Crippen molar-refractivity contribution in [2.24, 2.45) is 17.6 Å². The molecule has 100 valence electrons. The van der Waals surface area contributed by atoms with Gasteiger partial charge in [0.2, 0.25) is 5.91 Å². The molecule has 0 bridgehead atoms. The van der Waals surface area contributed by atoms with E-state index in [1.165, 1.54) is 12.8 Å². The van der Waals surface area contributed by atoms with Crippen molar-refractivity contribution in [3.8, 4) is 12.3 Å². The second kappa shape index (κ2) is 5.73. The van der Waals surface area contributed by atoms with Crippen molar-refractivity contribution in [2.75, 3.05) is 19.6 Å². The summed E-state index contributed by atoms with van der Waals surface area (Å²) < 4.78 is 0. The Morgan fingerprint density at radius 3 is 3.00 bits per heavy atom. The number of nitrogens with two attached hydrogens (primary N) is 1. The standard InChI is InChI=1S/C14H23N3O/c1-3-7-16-14(18)10(2)17-8-11-5-4-6-13(15)12(11)9-17/h1,10-13H,4-9,15H2,2H3,(H,16,18). The van der Waals surface area contributed by atoms with Crippen LogP contribution in [0.4, 0.5) is 0 Å². The molecule has 4 nitrogen and oxygen atoms in total. The molecule has 4 heteroatoms. The summed E-state index contributed by atoms with van der Waals surface area (Å²) in [6.45, 7) is 4.22. The molecule has 1 aliphatic heterocycles. The van der Waals surface area contributed by atoms with Crippen LogP contribution in [0, 0.1) is 24.2 Å². The fraction of sp³-hybridized carbons (Fsp3) is 0.786. The Labute approximate surface area is 109 Å². The zero-order valence-electron chi connectivity index (χ0n) is 11.1. The van der Waals surface area contributed by atoms with Crippen LogP contribution >= 0.6 is 0 Å². The minimum absolute atomic E-state index is 0.0279. The molecule has 0 spiro atoms. The summed E-state index contributed by atoms with van der Waals surface area (Å²) >= 11 is 0. The van der Waals surface area contributed by atoms with Gasteiger partial charge in [-0.15, -0.1) is 6.42 Å². The summed E-state index contributed by atoms with van der Waals surface area (Å²) in [5, 5.41) is 2.75. The summed E-state index contributed by atoms with van der Waals surface area (Å²) in [7, 11) is 0. The summed E-state index contributed by atoms with van der Waals surface area (Å²) in [6.07, 6.45) is 8.77. The fourth-order valence-electron chi connectivity index (χ4n) is 3.32. The molecule has 0 aromatic heterocycles. The second-order valence-electron chi connectivity index (χ2n) is 5.57. The van der Waals surface area contributed by atoms with Crippen molar-refractivity contribution in [1.82, 2.24) is 10.2 Å². The number of nitrogens with one attached hydrogen (secondary N) is 1. The monoisotopic (exact) mass is 249 g/mol. The van der Waals surface area contributed by atoms with Crippen LogP contribution in [0.25, 0.3) is 0 Å². The number of carbonyl (C=O) groups is 1. The molecule has 18 heavy (non-hydrogen) atoms. The minimum Gasteiger partial charge on any atom is -0.344 e. The van der Waals surface area contributed by atoms with Gasteiger partial charge in [-0.3, -0.25) is 9.69 Å². The van der Waals surface area contributed by atoms with Gasteiger partial charge in [0.25, 0.3) is 0 Å². The number of carbonyl (C=O) groups excluding carboxylic acids is 1. The van der Waals surface area contributed by atoms with E-state index in [0.717, 1.165) is 19.5 Å². The number of terminal acetylenes is 1. The van der Waals surface area contributed by atoms with Gasteiger partial charge in [0.05, 0.1) is 12.6 Å². The molecule has 2 aliphatic rings. The molecule has 0 aromatic carbocycles. The molecule has 2 rings (SSSR count). The van der Waals surface area contributed by atoms with Gasteiger partial charge in [-0.25, -0.2) is 0 Å². The molecular formula is C14H23N3O. The number of nitrogens with zero attached hydrogens (tertiary/aromatic N) is 1. The van der Waals surface area contributed by atoms with Crippen molar-refractivity contribution in [3.05, 3.63) is 0 Å². The summed E-state index contributed by atoms with van der Waals surface area (Å²) in [4.78, 5) is 14.2. The number of hydrogen-bond donors (Lipinski definition) is 2. The lowest BCUT2D eigenvalue weighted by atomic mass is 9.78. The molecular weight excluding hydrogens is 226 g/mol. The lowest BCUT2D eigenvalue weighted by Gasteiger charge is -2.30. The van der Waals surface area contributed by atoms with Gasteiger partial charge in [-0.1, -0.05) is 12.3 Å². The Hall–Kier alpha value is -1.05. The lowest BCUT2D eigenvalue weighted by molar-refractivity contribution is -0.125. The third-order valence-corrected chi connectivity index (χ3v) is 4.47. The highest BCUT2D eigenvalue weighted by Gasteiger charge is 2.41. The van der Waals surface area contributed by atoms with Gasteiger partial charge in [-0.2, -0.15) is 0 Å². The van der Waals surface area contributed by atoms with Crippen LogP contribution in [0.1, 0.15) is 26.2 Å². The zero-order valence-corrected chi connectivity index (χ0v) is 11.1. The fourth-order valence-corrected chi connectivity index (χ4v) is 3.32. The Morgan fingerprint density at radius 2 is 2.33 bits per heavy atom. The van der Waals surface area contributed by atoms with Crippen LogP contribution in [0.15, 0.2) is 0 Å². The molecule has 2 fully saturated rings. The molecule has 0 aromatic rings. The van der Waals surface area contributed by atoms with Crippen LogP contribution in [-0.4, -0.2) is 42.5 Å². The Balaban J connectivity index is 1.91. The highest BCUT2D eigenvalue weighted by molar-refractivity contribution is 5.81. The molecule has 1 amide bonds. The largest absolute Gasteiger partial charge is 0.344 e. The van der Waals surface area contributed by atoms with Crippen LogP contribution in [-0.2, 0) is 4.79 Å². The highest BCUT2D eigenvalue weighted by atomic mass is 16.2. The third-order valence-electron chi connectivity index (χ3n) is 4.47. The zero-order chi connectivity index (χ0) is 13.1. The number of fused-ring (bicyclic) bond motifs is 1. The van der Waals surface area contributed by atoms with E-state index in [1.807, 2.05) is 6.92 Å². The van der Waals surface area contributed by atoms with Gasteiger partial charge in [0, 0.05) is 19.1 Å². The first-order valence-electron chi connectivity index (χ1n) is 6.84. The maximum absolute atomic E-state index is 11.9. The smallest absolute Gasteiger partial charge is 0.237 e. The van der Waals surface area contributed by atoms with E-state index in [2.05, 4.69) is 16.1 Å². The molecule has 1 aliphatic carbocycles. The summed E-state index contributed by atoms with van der Waals surface area (Å²) in [5.41, 5.74) is 6.18. The Morgan fingerprint density at radius 1 is 1.56 bits per heavy atom. The first-order valence-corrected chi connectivity index (χ1v) is 6.84. The number of likely N-dealkylation sites (tertiary alicyclic amines) is 1. The van der Waals surface area contributed by atoms with Crippen molar-refractivity contribution in [1.29, 1.82) is 0 Å². The number of hydrogen-bond acceptors (Lipinski definition) is 3. The average molecular weight is 249 g/mol. The van der Waals surface area contributed by atoms with Crippen LogP contribution in [0.5, 0.6) is 0 Å². The Kier molecular flexibility index (Phi) is 4.26. The van der Waals surface area contributed by atoms with Gasteiger partial charge in [-0.05, 0) is 31.6 Å². The summed E-state index contributed by atoms with van der Waals surface area (Å²) in [6, 6.07) is 0.214. The SMILES string of the molecule is C#CCNC(=O)C(C)N1CC2CCCC(N)C2C1. The quantitative estimate of drug-likeness (QED) is 0.702. The summed E-state index contributed by atoms with van der Waals surface area (Å²) in [5.74, 6) is 3.71. The van der Waals surface area contributed by atoms with E-state index in [4.69, 9.17) is 12.2 Å². The molecule has 1 saturated carbocycles. The van der Waals surface area contributed by atoms with Crippen molar-refractivity contribution >= 4 is 5.91 Å². The normalized spacial score (nSPS) is 33.5. The average Bonchev–Trinajstić information content (AvgIpc) is 2.80. The van der Waals surface area contributed by atoms with E-state index in [0.29, 0.717) is 24.4 Å². The Bertz CT molecular complexity index is 349. The van der Waals surface area contributed by atoms with E-state index in [-0.39, 0.29) is 11.9 Å². The van der Waals surface area contributed by atoms with Gasteiger partial charge in [0.1, 0.15) is 0 Å².